The molecule has 0 fully saturated rings. The van der Waals surface area contributed by atoms with Crippen LogP contribution in [0.2, 0.25) is 5.02 Å². The van der Waals surface area contributed by atoms with Crippen LogP contribution >= 0.6 is 22.9 Å². The van der Waals surface area contributed by atoms with Crippen molar-refractivity contribution in [2.45, 2.75) is 51.5 Å². The largest absolute Gasteiger partial charge is 0.493 e. The molecule has 4 rings (SSSR count). The lowest BCUT2D eigenvalue weighted by Gasteiger charge is -2.31. The van der Waals surface area contributed by atoms with E-state index in [1.54, 1.807) is 48.5 Å². The van der Waals surface area contributed by atoms with Crippen LogP contribution in [0.3, 0.4) is 0 Å². The zero-order valence-electron chi connectivity index (χ0n) is 24.6. The summed E-state index contributed by atoms with van der Waals surface area (Å²) in [6.07, 6.45) is 3.63. The Morgan fingerprint density at radius 1 is 1.02 bits per heavy atom. The Morgan fingerprint density at radius 2 is 1.74 bits per heavy atom. The smallest absolute Gasteiger partial charge is 0.258 e. The Morgan fingerprint density at radius 3 is 2.45 bits per heavy atom. The van der Waals surface area contributed by atoms with E-state index in [-0.39, 0.29) is 24.1 Å². The van der Waals surface area contributed by atoms with E-state index < -0.39 is 6.04 Å². The summed E-state index contributed by atoms with van der Waals surface area (Å²) >= 11 is 7.85. The Balaban J connectivity index is 1.57. The molecule has 3 amide bonds. The lowest BCUT2D eigenvalue weighted by Crippen LogP contribution is -2.49. The van der Waals surface area contributed by atoms with Crippen molar-refractivity contribution in [3.8, 4) is 5.75 Å². The minimum Gasteiger partial charge on any atom is -0.493 e. The van der Waals surface area contributed by atoms with E-state index in [4.69, 9.17) is 16.3 Å². The van der Waals surface area contributed by atoms with Gasteiger partial charge >= 0.3 is 0 Å². The second kappa shape index (κ2) is 15.2. The summed E-state index contributed by atoms with van der Waals surface area (Å²) in [6, 6.07) is 14.0. The van der Waals surface area contributed by atoms with Gasteiger partial charge in [-0.2, -0.15) is 0 Å². The number of amides is 3. The quantitative estimate of drug-likeness (QED) is 0.402. The van der Waals surface area contributed by atoms with Gasteiger partial charge in [-0.15, -0.1) is 11.3 Å². The van der Waals surface area contributed by atoms with Crippen LogP contribution in [0.4, 0.5) is 0 Å². The third-order valence-electron chi connectivity index (χ3n) is 7.50. The molecule has 2 aromatic carbocycles. The average Bonchev–Trinajstić information content (AvgIpc) is 3.40. The van der Waals surface area contributed by atoms with Gasteiger partial charge < -0.3 is 19.4 Å². The molecule has 1 atom stereocenters. The van der Waals surface area contributed by atoms with Gasteiger partial charge in [0.1, 0.15) is 11.8 Å². The van der Waals surface area contributed by atoms with E-state index in [9.17, 15) is 14.4 Å². The van der Waals surface area contributed by atoms with Crippen LogP contribution in [-0.4, -0.2) is 83.8 Å². The number of halogens is 1. The summed E-state index contributed by atoms with van der Waals surface area (Å²) in [5.74, 6) is 0.00858. The first-order valence-corrected chi connectivity index (χ1v) is 15.7. The number of nitrogens with zero attached hydrogens (tertiary/aromatic N) is 4. The molecule has 10 heteroatoms. The summed E-state index contributed by atoms with van der Waals surface area (Å²) in [6.45, 7) is 4.05. The predicted molar refractivity (Wildman–Crippen MR) is 166 cm³/mol. The standard InChI is InChI=1S/C32H39ClN4O4S/c1-23-34-26(22-42-23)21-30(38)37-16-8-7-15-35(2)32(40)28(19-24-11-5-4-6-12-24)36(3)31(39)27-20-25(33)13-14-29(27)41-18-10-9-17-37/h4-6,11-14,20,22,28H,7-10,15-19,21H2,1-3H3/t28-/m0/s1. The lowest BCUT2D eigenvalue weighted by molar-refractivity contribution is -0.135. The van der Waals surface area contributed by atoms with Crippen LogP contribution in [0.25, 0.3) is 0 Å². The summed E-state index contributed by atoms with van der Waals surface area (Å²) in [4.78, 5) is 50.4. The number of carbonyl (C=O) groups excluding carboxylic acids is 3. The number of thiazole rings is 1. The molecule has 224 valence electrons. The summed E-state index contributed by atoms with van der Waals surface area (Å²) in [5.41, 5.74) is 2.08. The summed E-state index contributed by atoms with van der Waals surface area (Å²) in [7, 11) is 3.43. The minimum atomic E-state index is -0.716. The first-order chi connectivity index (χ1) is 20.2. The van der Waals surface area contributed by atoms with Gasteiger partial charge in [0.05, 0.1) is 29.3 Å². The van der Waals surface area contributed by atoms with Gasteiger partial charge in [0, 0.05) is 50.6 Å². The minimum absolute atomic E-state index is 0.0544. The number of ether oxygens (including phenoxy) is 1. The van der Waals surface area contributed by atoms with Crippen molar-refractivity contribution in [2.24, 2.45) is 0 Å². The molecular weight excluding hydrogens is 572 g/mol. The first kappa shape index (κ1) is 31.5. The van der Waals surface area contributed by atoms with Crippen molar-refractivity contribution < 1.29 is 19.1 Å². The van der Waals surface area contributed by atoms with E-state index >= 15 is 0 Å². The fraction of sp³-hybridized carbons (Fsp3) is 0.438. The maximum Gasteiger partial charge on any atom is 0.258 e. The molecule has 0 N–H and O–H groups in total. The molecule has 0 unspecified atom stereocenters. The van der Waals surface area contributed by atoms with Crippen LogP contribution in [-0.2, 0) is 22.4 Å². The first-order valence-electron chi connectivity index (χ1n) is 14.4. The number of hydrogen-bond donors (Lipinski definition) is 0. The Labute approximate surface area is 257 Å². The molecule has 1 aliphatic heterocycles. The zero-order chi connectivity index (χ0) is 30.1. The van der Waals surface area contributed by atoms with Gasteiger partial charge in [-0.3, -0.25) is 14.4 Å². The Hall–Kier alpha value is -3.43. The molecule has 0 saturated heterocycles. The SMILES string of the molecule is Cc1nc(CC(=O)N2CCCCOc3ccc(Cl)cc3C(=O)N(C)[C@@H](Cc3ccccc3)C(=O)N(C)CCCC2)cs1. The van der Waals surface area contributed by atoms with Gasteiger partial charge in [-0.05, 0) is 56.4 Å². The molecule has 0 aliphatic carbocycles. The van der Waals surface area contributed by atoms with E-state index in [0.29, 0.717) is 55.4 Å². The number of aryl methyl sites for hydroxylation is 1. The maximum atomic E-state index is 13.8. The van der Waals surface area contributed by atoms with E-state index in [0.717, 1.165) is 35.5 Å². The lowest BCUT2D eigenvalue weighted by atomic mass is 10.0. The van der Waals surface area contributed by atoms with E-state index in [2.05, 4.69) is 4.98 Å². The fourth-order valence-corrected chi connectivity index (χ4v) is 5.86. The van der Waals surface area contributed by atoms with Gasteiger partial charge in [0.2, 0.25) is 11.8 Å². The molecule has 0 bridgehead atoms. The van der Waals surface area contributed by atoms with Crippen LogP contribution < -0.4 is 4.74 Å². The van der Waals surface area contributed by atoms with Crippen molar-refractivity contribution >= 4 is 40.7 Å². The molecular formula is C32H39ClN4O4S. The second-order valence-electron chi connectivity index (χ2n) is 10.7. The van der Waals surface area contributed by atoms with Crippen molar-refractivity contribution in [3.05, 3.63) is 80.8 Å². The molecule has 8 nitrogen and oxygen atoms in total. The van der Waals surface area contributed by atoms with Gasteiger partial charge in [0.15, 0.2) is 0 Å². The third-order valence-corrected chi connectivity index (χ3v) is 8.55. The highest BCUT2D eigenvalue weighted by atomic mass is 35.5. The average molecular weight is 611 g/mol. The maximum absolute atomic E-state index is 13.8. The van der Waals surface area contributed by atoms with Crippen LogP contribution in [0.15, 0.2) is 53.9 Å². The Kier molecular flexibility index (Phi) is 11.4. The number of rotatable bonds is 4. The highest BCUT2D eigenvalue weighted by molar-refractivity contribution is 7.09. The van der Waals surface area contributed by atoms with Gasteiger partial charge in [0.25, 0.3) is 5.91 Å². The van der Waals surface area contributed by atoms with E-state index in [1.807, 2.05) is 47.5 Å². The van der Waals surface area contributed by atoms with Crippen molar-refractivity contribution in [3.63, 3.8) is 0 Å². The second-order valence-corrected chi connectivity index (χ2v) is 12.2. The number of likely N-dealkylation sites (N-methyl/N-ethyl adjacent to an activating group) is 2. The van der Waals surface area contributed by atoms with Crippen molar-refractivity contribution in [1.82, 2.24) is 19.7 Å². The number of aromatic nitrogens is 1. The summed E-state index contributed by atoms with van der Waals surface area (Å²) in [5, 5.41) is 3.30. The molecule has 1 aliphatic rings. The molecule has 1 aromatic heterocycles. The van der Waals surface area contributed by atoms with E-state index in [1.165, 1.54) is 4.90 Å². The third kappa shape index (κ3) is 8.55. The normalized spacial score (nSPS) is 17.9. The molecule has 3 aromatic rings. The molecule has 0 radical (unpaired) electrons. The number of hydrogen-bond acceptors (Lipinski definition) is 6. The number of carbonyl (C=O) groups is 3. The predicted octanol–water partition coefficient (Wildman–Crippen LogP) is 5.27. The topological polar surface area (TPSA) is 83.0 Å². The number of fused-ring (bicyclic) bond motifs is 1. The highest BCUT2D eigenvalue weighted by Crippen LogP contribution is 2.26. The monoisotopic (exact) mass is 610 g/mol. The van der Waals surface area contributed by atoms with Crippen molar-refractivity contribution in [1.29, 1.82) is 0 Å². The fourth-order valence-electron chi connectivity index (χ4n) is 5.07. The molecule has 42 heavy (non-hydrogen) atoms. The van der Waals surface area contributed by atoms with Gasteiger partial charge in [-0.25, -0.2) is 4.98 Å². The van der Waals surface area contributed by atoms with Crippen LogP contribution in [0.1, 0.15) is 52.3 Å². The number of benzene rings is 2. The summed E-state index contributed by atoms with van der Waals surface area (Å²) < 4.78 is 6.07. The van der Waals surface area contributed by atoms with Gasteiger partial charge in [-0.1, -0.05) is 41.9 Å². The Bertz CT molecular complexity index is 1370. The van der Waals surface area contributed by atoms with Crippen molar-refractivity contribution in [2.75, 3.05) is 40.3 Å². The highest BCUT2D eigenvalue weighted by Gasteiger charge is 2.31. The zero-order valence-corrected chi connectivity index (χ0v) is 26.1. The van der Waals surface area contributed by atoms with Crippen LogP contribution in [0, 0.1) is 6.92 Å². The van der Waals surface area contributed by atoms with Crippen LogP contribution in [0.5, 0.6) is 5.75 Å². The molecule has 0 saturated carbocycles. The molecule has 0 spiro atoms. The molecule has 2 heterocycles.